The third-order valence-corrected chi connectivity index (χ3v) is 4.14. The molecule has 0 amide bonds. The predicted octanol–water partition coefficient (Wildman–Crippen LogP) is 3.28. The summed E-state index contributed by atoms with van der Waals surface area (Å²) in [5.74, 6) is 3.27. The van der Waals surface area contributed by atoms with Gasteiger partial charge in [0, 0.05) is 6.20 Å². The molecule has 1 aliphatic carbocycles. The van der Waals surface area contributed by atoms with Crippen LogP contribution < -0.4 is 5.73 Å². The highest BCUT2D eigenvalue weighted by Crippen LogP contribution is 2.35. The van der Waals surface area contributed by atoms with Crippen LogP contribution in [0.3, 0.4) is 0 Å². The lowest BCUT2D eigenvalue weighted by Crippen LogP contribution is -2.22. The van der Waals surface area contributed by atoms with Crippen LogP contribution in [0.2, 0.25) is 0 Å². The van der Waals surface area contributed by atoms with Gasteiger partial charge in [0.25, 0.3) is 0 Å². The van der Waals surface area contributed by atoms with E-state index in [-0.39, 0.29) is 0 Å². The van der Waals surface area contributed by atoms with Gasteiger partial charge in [-0.1, -0.05) is 26.3 Å². The van der Waals surface area contributed by atoms with Gasteiger partial charge in [0.05, 0.1) is 0 Å². The van der Waals surface area contributed by atoms with Crippen LogP contribution in [0.15, 0.2) is 18.3 Å². The summed E-state index contributed by atoms with van der Waals surface area (Å²) in [7, 11) is 0. The zero-order valence-electron chi connectivity index (χ0n) is 10.3. The maximum absolute atomic E-state index is 5.89. The molecule has 0 radical (unpaired) electrons. The minimum atomic E-state index is 0.716. The highest BCUT2D eigenvalue weighted by atomic mass is 14.8. The lowest BCUT2D eigenvalue weighted by molar-refractivity contribution is 0.208. The Labute approximate surface area is 98.3 Å². The Morgan fingerprint density at radius 2 is 2.12 bits per heavy atom. The smallest absolute Gasteiger partial charge is 0.126 e. The molecule has 2 rings (SSSR count). The molecule has 2 heteroatoms. The van der Waals surface area contributed by atoms with E-state index in [0.29, 0.717) is 5.82 Å². The fourth-order valence-corrected chi connectivity index (χ4v) is 2.78. The number of hydrogen-bond donors (Lipinski definition) is 1. The number of pyridine rings is 1. The summed E-state index contributed by atoms with van der Waals surface area (Å²) < 4.78 is 0. The van der Waals surface area contributed by atoms with E-state index in [0.717, 1.165) is 24.2 Å². The predicted molar refractivity (Wildman–Crippen MR) is 68.0 cm³/mol. The van der Waals surface area contributed by atoms with Gasteiger partial charge in [-0.2, -0.15) is 0 Å². The highest BCUT2D eigenvalue weighted by Gasteiger charge is 2.24. The zero-order chi connectivity index (χ0) is 11.5. The van der Waals surface area contributed by atoms with Gasteiger partial charge in [-0.3, -0.25) is 0 Å². The number of nitrogens with two attached hydrogens (primary N) is 1. The van der Waals surface area contributed by atoms with Crippen molar-refractivity contribution in [3.05, 3.63) is 23.9 Å². The van der Waals surface area contributed by atoms with Crippen molar-refractivity contribution < 1.29 is 0 Å². The van der Waals surface area contributed by atoms with Gasteiger partial charge in [-0.15, -0.1) is 0 Å². The number of nitrogen functional groups attached to an aromatic ring is 1. The van der Waals surface area contributed by atoms with Crippen LogP contribution >= 0.6 is 0 Å². The summed E-state index contributed by atoms with van der Waals surface area (Å²) in [6.07, 6.45) is 6.93. The van der Waals surface area contributed by atoms with Crippen LogP contribution in [0.5, 0.6) is 0 Å². The minimum absolute atomic E-state index is 0.716. The molecule has 2 N–H and O–H groups in total. The average molecular weight is 218 g/mol. The molecule has 3 atom stereocenters. The van der Waals surface area contributed by atoms with Crippen LogP contribution in [0.25, 0.3) is 0 Å². The van der Waals surface area contributed by atoms with Crippen molar-refractivity contribution in [2.45, 2.75) is 39.5 Å². The van der Waals surface area contributed by atoms with Gasteiger partial charge in [0.1, 0.15) is 5.82 Å². The van der Waals surface area contributed by atoms with Gasteiger partial charge >= 0.3 is 0 Å². The Kier molecular flexibility index (Phi) is 3.47. The van der Waals surface area contributed by atoms with Gasteiger partial charge in [-0.25, -0.2) is 4.98 Å². The Morgan fingerprint density at radius 1 is 1.31 bits per heavy atom. The van der Waals surface area contributed by atoms with E-state index in [1.165, 1.54) is 24.8 Å². The number of rotatable bonds is 2. The summed E-state index contributed by atoms with van der Waals surface area (Å²) >= 11 is 0. The largest absolute Gasteiger partial charge is 0.383 e. The van der Waals surface area contributed by atoms with E-state index in [1.54, 1.807) is 6.20 Å². The molecular formula is C14H22N2. The van der Waals surface area contributed by atoms with Crippen LogP contribution in [0.1, 0.15) is 38.7 Å². The van der Waals surface area contributed by atoms with Gasteiger partial charge in [0.2, 0.25) is 0 Å². The third kappa shape index (κ3) is 2.55. The number of hydrogen-bond acceptors (Lipinski definition) is 2. The molecule has 1 saturated carbocycles. The number of anilines is 1. The van der Waals surface area contributed by atoms with Gasteiger partial charge in [0.15, 0.2) is 0 Å². The normalized spacial score (nSPS) is 30.2. The lowest BCUT2D eigenvalue weighted by atomic mass is 9.74. The first-order valence-electron chi connectivity index (χ1n) is 6.36. The molecule has 1 aromatic heterocycles. The van der Waals surface area contributed by atoms with Crippen LogP contribution in [-0.2, 0) is 6.42 Å². The molecule has 88 valence electrons. The van der Waals surface area contributed by atoms with Crippen molar-refractivity contribution in [2.24, 2.45) is 17.8 Å². The first-order chi connectivity index (χ1) is 7.66. The first-order valence-corrected chi connectivity index (χ1v) is 6.36. The molecule has 1 aromatic rings. The molecule has 1 heterocycles. The summed E-state index contributed by atoms with van der Waals surface area (Å²) in [6, 6.07) is 4.10. The van der Waals surface area contributed by atoms with Crippen molar-refractivity contribution in [2.75, 3.05) is 5.73 Å². The van der Waals surface area contributed by atoms with Gasteiger partial charge < -0.3 is 5.73 Å². The molecule has 0 spiro atoms. The maximum atomic E-state index is 5.89. The van der Waals surface area contributed by atoms with Crippen LogP contribution in [-0.4, -0.2) is 4.98 Å². The first kappa shape index (κ1) is 11.4. The summed E-state index contributed by atoms with van der Waals surface area (Å²) in [5.41, 5.74) is 7.12. The second-order valence-electron chi connectivity index (χ2n) is 5.39. The molecule has 0 aliphatic heterocycles. The number of nitrogens with zero attached hydrogens (tertiary/aromatic N) is 1. The highest BCUT2D eigenvalue weighted by molar-refractivity contribution is 5.38. The third-order valence-electron chi connectivity index (χ3n) is 4.14. The Morgan fingerprint density at radius 3 is 2.81 bits per heavy atom. The lowest BCUT2D eigenvalue weighted by Gasteiger charge is -2.32. The Bertz CT molecular complexity index is 348. The maximum Gasteiger partial charge on any atom is 0.126 e. The zero-order valence-corrected chi connectivity index (χ0v) is 10.3. The molecule has 16 heavy (non-hydrogen) atoms. The molecule has 0 aromatic carbocycles. The molecule has 0 saturated heterocycles. The van der Waals surface area contributed by atoms with Crippen molar-refractivity contribution >= 4 is 5.82 Å². The second-order valence-corrected chi connectivity index (χ2v) is 5.39. The average Bonchev–Trinajstić information content (AvgIpc) is 2.27. The van der Waals surface area contributed by atoms with E-state index in [1.807, 2.05) is 6.07 Å². The standard InChI is InChI=1S/C14H22N2/c1-10-5-6-12(8-11(10)2)9-13-4-3-7-16-14(13)15/h3-4,7,10-12H,5-6,8-9H2,1-2H3,(H2,15,16). The monoisotopic (exact) mass is 218 g/mol. The quantitative estimate of drug-likeness (QED) is 0.827. The topological polar surface area (TPSA) is 38.9 Å². The van der Waals surface area contributed by atoms with E-state index >= 15 is 0 Å². The molecular weight excluding hydrogens is 196 g/mol. The second kappa shape index (κ2) is 4.86. The Balaban J connectivity index is 1.98. The SMILES string of the molecule is CC1CCC(Cc2cccnc2N)CC1C. The van der Waals surface area contributed by atoms with Crippen LogP contribution in [0.4, 0.5) is 5.82 Å². The van der Waals surface area contributed by atoms with Crippen molar-refractivity contribution in [3.8, 4) is 0 Å². The molecule has 3 unspecified atom stereocenters. The van der Waals surface area contributed by atoms with E-state index in [9.17, 15) is 0 Å². The molecule has 2 nitrogen and oxygen atoms in total. The molecule has 1 aliphatic rings. The summed E-state index contributed by atoms with van der Waals surface area (Å²) in [6.45, 7) is 4.75. The fourth-order valence-electron chi connectivity index (χ4n) is 2.78. The number of aromatic nitrogens is 1. The summed E-state index contributed by atoms with van der Waals surface area (Å²) in [4.78, 5) is 4.16. The van der Waals surface area contributed by atoms with Crippen molar-refractivity contribution in [1.29, 1.82) is 0 Å². The Hall–Kier alpha value is -1.05. The van der Waals surface area contributed by atoms with E-state index < -0.39 is 0 Å². The van der Waals surface area contributed by atoms with Crippen molar-refractivity contribution in [1.82, 2.24) is 4.98 Å². The van der Waals surface area contributed by atoms with Crippen molar-refractivity contribution in [3.63, 3.8) is 0 Å². The molecule has 1 fully saturated rings. The summed E-state index contributed by atoms with van der Waals surface area (Å²) in [5, 5.41) is 0. The van der Waals surface area contributed by atoms with Gasteiger partial charge in [-0.05, 0) is 48.6 Å². The minimum Gasteiger partial charge on any atom is -0.383 e. The van der Waals surface area contributed by atoms with E-state index in [2.05, 4.69) is 24.9 Å². The van der Waals surface area contributed by atoms with Crippen LogP contribution in [0, 0.1) is 17.8 Å². The van der Waals surface area contributed by atoms with E-state index in [4.69, 9.17) is 5.73 Å². The molecule has 0 bridgehead atoms. The fraction of sp³-hybridized carbons (Fsp3) is 0.643.